The average molecular weight is 456 g/mol. The molecule has 0 radical (unpaired) electrons. The van der Waals surface area contributed by atoms with Crippen LogP contribution < -0.4 is 16.8 Å². The minimum Gasteiger partial charge on any atom is -0.481 e. The second kappa shape index (κ2) is 11.8. The van der Waals surface area contributed by atoms with Crippen molar-refractivity contribution in [2.24, 2.45) is 11.5 Å². The molecule has 2 saturated heterocycles. The summed E-state index contributed by atoms with van der Waals surface area (Å²) in [4.78, 5) is 63.7. The Kier molecular flexibility index (Phi) is 9.39. The van der Waals surface area contributed by atoms with Crippen molar-refractivity contribution in [3.63, 3.8) is 0 Å². The van der Waals surface area contributed by atoms with Crippen molar-refractivity contribution in [2.75, 3.05) is 19.6 Å². The van der Waals surface area contributed by atoms with Gasteiger partial charge in [0.15, 0.2) is 0 Å². The Morgan fingerprint density at radius 2 is 1.53 bits per heavy atom. The molecule has 0 saturated carbocycles. The van der Waals surface area contributed by atoms with E-state index in [1.54, 1.807) is 0 Å². The first-order chi connectivity index (χ1) is 15.2. The monoisotopic (exact) mass is 455 g/mol. The molecule has 3 amide bonds. The van der Waals surface area contributed by atoms with Crippen LogP contribution in [0.3, 0.4) is 0 Å². The quantitative estimate of drug-likeness (QED) is 0.229. The topological polar surface area (TPSA) is 196 Å². The van der Waals surface area contributed by atoms with Crippen LogP contribution in [0.4, 0.5) is 0 Å². The number of carboxylic acids is 2. The molecule has 2 fully saturated rings. The van der Waals surface area contributed by atoms with Crippen LogP contribution in [-0.2, 0) is 24.0 Å². The molecule has 4 atom stereocenters. The highest BCUT2D eigenvalue weighted by atomic mass is 16.4. The molecule has 2 aliphatic heterocycles. The number of rotatable bonds is 11. The van der Waals surface area contributed by atoms with Crippen LogP contribution in [0.25, 0.3) is 0 Å². The zero-order valence-electron chi connectivity index (χ0n) is 18.1. The van der Waals surface area contributed by atoms with Gasteiger partial charge in [-0.3, -0.25) is 19.2 Å². The molecule has 2 rings (SSSR count). The number of hydrogen-bond donors (Lipinski definition) is 5. The molecule has 0 aromatic rings. The summed E-state index contributed by atoms with van der Waals surface area (Å²) in [6, 6.07) is -4.10. The maximum absolute atomic E-state index is 12.9. The molecule has 0 aromatic carbocycles. The van der Waals surface area contributed by atoms with Crippen molar-refractivity contribution >= 4 is 29.7 Å². The third-order valence-corrected chi connectivity index (χ3v) is 5.94. The Bertz CT molecular complexity index is 731. The minimum atomic E-state index is -1.42. The second-order valence-electron chi connectivity index (χ2n) is 8.27. The van der Waals surface area contributed by atoms with E-state index >= 15 is 0 Å². The smallest absolute Gasteiger partial charge is 0.326 e. The van der Waals surface area contributed by atoms with E-state index < -0.39 is 54.3 Å². The molecular weight excluding hydrogens is 422 g/mol. The highest BCUT2D eigenvalue weighted by Gasteiger charge is 2.41. The number of unbranched alkanes of at least 4 members (excludes halogenated alkanes) is 1. The van der Waals surface area contributed by atoms with Crippen LogP contribution >= 0.6 is 0 Å². The van der Waals surface area contributed by atoms with Crippen molar-refractivity contribution in [2.45, 2.75) is 75.5 Å². The van der Waals surface area contributed by atoms with E-state index in [0.29, 0.717) is 45.2 Å². The van der Waals surface area contributed by atoms with Gasteiger partial charge < -0.3 is 36.8 Å². The number of nitrogens with zero attached hydrogens (tertiary/aromatic N) is 2. The summed E-state index contributed by atoms with van der Waals surface area (Å²) < 4.78 is 0. The fraction of sp³-hybridized carbons (Fsp3) is 0.750. The molecule has 180 valence electrons. The van der Waals surface area contributed by atoms with Crippen LogP contribution in [0.5, 0.6) is 0 Å². The van der Waals surface area contributed by atoms with Crippen LogP contribution in [0.15, 0.2) is 0 Å². The van der Waals surface area contributed by atoms with Crippen molar-refractivity contribution in [1.82, 2.24) is 15.1 Å². The van der Waals surface area contributed by atoms with Gasteiger partial charge in [0.2, 0.25) is 17.7 Å². The van der Waals surface area contributed by atoms with E-state index in [4.69, 9.17) is 11.5 Å². The lowest BCUT2D eigenvalue weighted by atomic mass is 10.1. The molecule has 0 aliphatic carbocycles. The molecule has 2 heterocycles. The van der Waals surface area contributed by atoms with Crippen LogP contribution in [0, 0.1) is 0 Å². The summed E-state index contributed by atoms with van der Waals surface area (Å²) in [6.45, 7) is 1.01. The van der Waals surface area contributed by atoms with Crippen LogP contribution in [0.1, 0.15) is 51.4 Å². The van der Waals surface area contributed by atoms with E-state index in [1.807, 2.05) is 0 Å². The minimum absolute atomic E-state index is 0.174. The SMILES string of the molecule is NCCCCC(N)C(=O)N1CCCC1C(=O)NC(CC(=O)O)C(=O)N1CCCC1C(=O)O. The lowest BCUT2D eigenvalue weighted by Gasteiger charge is -2.30. The average Bonchev–Trinajstić information content (AvgIpc) is 3.41. The highest BCUT2D eigenvalue weighted by Crippen LogP contribution is 2.22. The summed E-state index contributed by atoms with van der Waals surface area (Å²) in [5, 5.41) is 21.0. The third kappa shape index (κ3) is 6.39. The van der Waals surface area contributed by atoms with Gasteiger partial charge in [0, 0.05) is 13.1 Å². The van der Waals surface area contributed by atoms with Gasteiger partial charge in [-0.25, -0.2) is 4.79 Å². The highest BCUT2D eigenvalue weighted by molar-refractivity contribution is 5.96. The first-order valence-corrected chi connectivity index (χ1v) is 11.0. The van der Waals surface area contributed by atoms with Crippen molar-refractivity contribution in [3.8, 4) is 0 Å². The number of nitrogens with one attached hydrogen (secondary N) is 1. The van der Waals surface area contributed by atoms with Crippen LogP contribution in [0.2, 0.25) is 0 Å². The summed E-state index contributed by atoms with van der Waals surface area (Å²) in [5.74, 6) is -4.25. The van der Waals surface area contributed by atoms with Crippen molar-refractivity contribution < 1.29 is 34.2 Å². The van der Waals surface area contributed by atoms with Crippen molar-refractivity contribution in [1.29, 1.82) is 0 Å². The number of nitrogens with two attached hydrogens (primary N) is 2. The number of carbonyl (C=O) groups excluding carboxylic acids is 3. The van der Waals surface area contributed by atoms with E-state index in [2.05, 4.69) is 5.32 Å². The first-order valence-electron chi connectivity index (χ1n) is 11.0. The van der Waals surface area contributed by atoms with Gasteiger partial charge >= 0.3 is 11.9 Å². The second-order valence-corrected chi connectivity index (χ2v) is 8.27. The molecule has 12 heteroatoms. The van der Waals surface area contributed by atoms with Crippen LogP contribution in [-0.4, -0.2) is 93.5 Å². The summed E-state index contributed by atoms with van der Waals surface area (Å²) in [5.41, 5.74) is 11.4. The lowest BCUT2D eigenvalue weighted by molar-refractivity contribution is -0.151. The van der Waals surface area contributed by atoms with Gasteiger partial charge in [-0.05, 0) is 45.1 Å². The van der Waals surface area contributed by atoms with Gasteiger partial charge in [0.1, 0.15) is 18.1 Å². The zero-order valence-corrected chi connectivity index (χ0v) is 18.1. The standard InChI is InChI=1S/C20H33N5O7/c21-8-2-1-5-12(22)18(29)24-9-3-6-14(24)17(28)23-13(11-16(26)27)19(30)25-10-4-7-15(25)20(31)32/h12-15H,1-11,21-22H2,(H,23,28)(H,26,27)(H,31,32). The van der Waals surface area contributed by atoms with E-state index in [0.717, 1.165) is 11.3 Å². The molecule has 12 nitrogen and oxygen atoms in total. The van der Waals surface area contributed by atoms with Gasteiger partial charge in [0.25, 0.3) is 0 Å². The van der Waals surface area contributed by atoms with Gasteiger partial charge in [-0.15, -0.1) is 0 Å². The fourth-order valence-corrected chi connectivity index (χ4v) is 4.28. The Morgan fingerprint density at radius 1 is 0.938 bits per heavy atom. The number of carbonyl (C=O) groups is 5. The number of likely N-dealkylation sites (tertiary alicyclic amines) is 2. The zero-order chi connectivity index (χ0) is 23.8. The van der Waals surface area contributed by atoms with E-state index in [-0.39, 0.29) is 18.9 Å². The van der Waals surface area contributed by atoms with E-state index in [9.17, 15) is 34.2 Å². The molecule has 32 heavy (non-hydrogen) atoms. The fourth-order valence-electron chi connectivity index (χ4n) is 4.28. The Balaban J connectivity index is 2.08. The predicted molar refractivity (Wildman–Crippen MR) is 112 cm³/mol. The largest absolute Gasteiger partial charge is 0.481 e. The molecule has 7 N–H and O–H groups in total. The maximum atomic E-state index is 12.9. The van der Waals surface area contributed by atoms with Gasteiger partial charge in [-0.2, -0.15) is 0 Å². The molecule has 0 spiro atoms. The third-order valence-electron chi connectivity index (χ3n) is 5.94. The number of carboxylic acid groups (broad SMARTS) is 2. The molecule has 0 bridgehead atoms. The lowest BCUT2D eigenvalue weighted by Crippen LogP contribution is -2.57. The first kappa shape index (κ1) is 25.5. The van der Waals surface area contributed by atoms with E-state index in [1.165, 1.54) is 4.90 Å². The van der Waals surface area contributed by atoms with Gasteiger partial charge in [-0.1, -0.05) is 6.42 Å². The predicted octanol–water partition coefficient (Wildman–Crippen LogP) is -1.53. The number of aliphatic carboxylic acids is 2. The summed E-state index contributed by atoms with van der Waals surface area (Å²) >= 11 is 0. The van der Waals surface area contributed by atoms with Gasteiger partial charge in [0.05, 0.1) is 12.5 Å². The summed E-state index contributed by atoms with van der Waals surface area (Å²) in [6.07, 6.45) is 2.85. The van der Waals surface area contributed by atoms with Crippen molar-refractivity contribution in [3.05, 3.63) is 0 Å². The Labute approximate surface area is 186 Å². The molecule has 2 aliphatic rings. The molecular formula is C20H33N5O7. The number of hydrogen-bond acceptors (Lipinski definition) is 7. The maximum Gasteiger partial charge on any atom is 0.326 e. The Hall–Kier alpha value is -2.73. The Morgan fingerprint density at radius 3 is 2.09 bits per heavy atom. The molecule has 4 unspecified atom stereocenters. The molecule has 0 aromatic heterocycles. The normalized spacial score (nSPS) is 22.4. The summed E-state index contributed by atoms with van der Waals surface area (Å²) in [7, 11) is 0. The number of amides is 3.